The standard InChI is InChI=1S/C7H11O2/c1-4-6(3)7(8)9-5-2/h4H,3,5H2,1-2H3/b6-4+. The van der Waals surface area contributed by atoms with Crippen molar-refractivity contribution in [2.45, 2.75) is 13.8 Å². The number of ether oxygens (including phenoxy) is 1. The maximum atomic E-state index is 10.6. The van der Waals surface area contributed by atoms with Gasteiger partial charge in [-0.3, -0.25) is 0 Å². The molecule has 0 N–H and O–H groups in total. The monoisotopic (exact) mass is 127 g/mol. The highest BCUT2D eigenvalue weighted by Gasteiger charge is 2.00. The summed E-state index contributed by atoms with van der Waals surface area (Å²) in [5.41, 5.74) is 0.414. The Morgan fingerprint density at radius 3 is 2.67 bits per heavy atom. The van der Waals surface area contributed by atoms with E-state index in [1.165, 1.54) is 0 Å². The third-order valence-corrected chi connectivity index (χ3v) is 0.886. The first-order chi connectivity index (χ1) is 4.22. The van der Waals surface area contributed by atoms with Crippen LogP contribution >= 0.6 is 0 Å². The first-order valence-electron chi connectivity index (χ1n) is 2.87. The molecule has 0 heterocycles. The molecular formula is C7H11O2. The van der Waals surface area contributed by atoms with Crippen LogP contribution < -0.4 is 0 Å². The van der Waals surface area contributed by atoms with E-state index < -0.39 is 0 Å². The molecule has 0 atom stereocenters. The molecule has 0 spiro atoms. The number of carbonyl (C=O) groups excluding carboxylic acids is 1. The summed E-state index contributed by atoms with van der Waals surface area (Å²) in [5, 5.41) is 0. The largest absolute Gasteiger partial charge is 0.463 e. The predicted molar refractivity (Wildman–Crippen MR) is 35.7 cm³/mol. The lowest BCUT2D eigenvalue weighted by Gasteiger charge is -1.98. The van der Waals surface area contributed by atoms with Crippen molar-refractivity contribution in [3.05, 3.63) is 18.6 Å². The Bertz CT molecular complexity index is 125. The Hall–Kier alpha value is -0.790. The predicted octanol–water partition coefficient (Wildman–Crippen LogP) is 1.33. The molecule has 0 aromatic rings. The van der Waals surface area contributed by atoms with Crippen LogP contribution in [0.25, 0.3) is 0 Å². The smallest absolute Gasteiger partial charge is 0.333 e. The molecule has 0 fully saturated rings. The van der Waals surface area contributed by atoms with Crippen molar-refractivity contribution in [1.29, 1.82) is 0 Å². The van der Waals surface area contributed by atoms with Gasteiger partial charge in [-0.25, -0.2) is 4.79 Å². The van der Waals surface area contributed by atoms with Crippen LogP contribution in [0.4, 0.5) is 0 Å². The zero-order valence-corrected chi connectivity index (χ0v) is 5.81. The van der Waals surface area contributed by atoms with Crippen LogP contribution in [0.2, 0.25) is 0 Å². The molecule has 0 aliphatic rings. The van der Waals surface area contributed by atoms with Crippen LogP contribution in [-0.2, 0) is 9.53 Å². The topological polar surface area (TPSA) is 26.3 Å². The van der Waals surface area contributed by atoms with E-state index in [9.17, 15) is 4.79 Å². The summed E-state index contributed by atoms with van der Waals surface area (Å²) in [5.74, 6) is -0.333. The molecule has 51 valence electrons. The Labute approximate surface area is 55.5 Å². The molecule has 2 nitrogen and oxygen atoms in total. The second-order valence-electron chi connectivity index (χ2n) is 1.53. The van der Waals surface area contributed by atoms with Crippen LogP contribution in [-0.4, -0.2) is 12.6 Å². The Kier molecular flexibility index (Phi) is 3.76. The fourth-order valence-corrected chi connectivity index (χ4v) is 0.342. The normalized spacial score (nSPS) is 11.2. The number of carbonyl (C=O) groups is 1. The van der Waals surface area contributed by atoms with Gasteiger partial charge in [-0.1, -0.05) is 6.08 Å². The molecule has 9 heavy (non-hydrogen) atoms. The number of hydrogen-bond donors (Lipinski definition) is 0. The number of rotatable bonds is 2. The fourth-order valence-electron chi connectivity index (χ4n) is 0.342. The molecule has 0 unspecified atom stereocenters. The van der Waals surface area contributed by atoms with Crippen LogP contribution in [0, 0.1) is 6.92 Å². The van der Waals surface area contributed by atoms with Gasteiger partial charge < -0.3 is 4.74 Å². The summed E-state index contributed by atoms with van der Waals surface area (Å²) in [7, 11) is 0. The summed E-state index contributed by atoms with van der Waals surface area (Å²) in [6, 6.07) is 0. The van der Waals surface area contributed by atoms with E-state index in [0.717, 1.165) is 0 Å². The minimum Gasteiger partial charge on any atom is -0.463 e. The maximum absolute atomic E-state index is 10.6. The highest BCUT2D eigenvalue weighted by molar-refractivity contribution is 5.89. The van der Waals surface area contributed by atoms with Crippen molar-refractivity contribution < 1.29 is 9.53 Å². The van der Waals surface area contributed by atoms with Gasteiger partial charge >= 0.3 is 5.97 Å². The van der Waals surface area contributed by atoms with Crippen LogP contribution in [0.1, 0.15) is 13.8 Å². The molecule has 0 saturated heterocycles. The second-order valence-corrected chi connectivity index (χ2v) is 1.53. The molecule has 0 aliphatic heterocycles. The number of allylic oxidation sites excluding steroid dienone is 1. The SMILES string of the molecule is [CH2]/C(=C\C)C(=O)OCC. The van der Waals surface area contributed by atoms with E-state index in [0.29, 0.717) is 12.2 Å². The van der Waals surface area contributed by atoms with E-state index in [-0.39, 0.29) is 5.97 Å². The van der Waals surface area contributed by atoms with Gasteiger partial charge in [-0.2, -0.15) is 0 Å². The van der Waals surface area contributed by atoms with E-state index in [1.54, 1.807) is 19.9 Å². The zero-order chi connectivity index (χ0) is 7.28. The Morgan fingerprint density at radius 2 is 2.33 bits per heavy atom. The van der Waals surface area contributed by atoms with E-state index in [4.69, 9.17) is 0 Å². The highest BCUT2D eigenvalue weighted by Crippen LogP contribution is 1.93. The quantitative estimate of drug-likeness (QED) is 0.413. The van der Waals surface area contributed by atoms with Gasteiger partial charge in [-0.05, 0) is 20.8 Å². The third kappa shape index (κ3) is 2.90. The van der Waals surface area contributed by atoms with Gasteiger partial charge in [0.25, 0.3) is 0 Å². The van der Waals surface area contributed by atoms with E-state index in [1.807, 2.05) is 0 Å². The zero-order valence-electron chi connectivity index (χ0n) is 5.81. The lowest BCUT2D eigenvalue weighted by molar-refractivity contribution is -0.138. The molecular weight excluding hydrogens is 116 g/mol. The molecule has 0 aromatic heterocycles. The Balaban J connectivity index is 3.74. The highest BCUT2D eigenvalue weighted by atomic mass is 16.5. The minimum atomic E-state index is -0.333. The van der Waals surface area contributed by atoms with E-state index in [2.05, 4.69) is 11.7 Å². The molecule has 2 heteroatoms. The van der Waals surface area contributed by atoms with Crippen molar-refractivity contribution in [1.82, 2.24) is 0 Å². The lowest BCUT2D eigenvalue weighted by atomic mass is 10.3. The average Bonchev–Trinajstić information content (AvgIpc) is 1.87. The molecule has 0 aromatic carbocycles. The molecule has 1 radical (unpaired) electrons. The van der Waals surface area contributed by atoms with Gasteiger partial charge in [0.1, 0.15) is 0 Å². The Morgan fingerprint density at radius 1 is 1.78 bits per heavy atom. The first-order valence-corrected chi connectivity index (χ1v) is 2.87. The molecule has 0 aliphatic carbocycles. The van der Waals surface area contributed by atoms with Crippen LogP contribution in [0.5, 0.6) is 0 Å². The van der Waals surface area contributed by atoms with Gasteiger partial charge in [0.15, 0.2) is 0 Å². The van der Waals surface area contributed by atoms with Crippen molar-refractivity contribution in [3.8, 4) is 0 Å². The van der Waals surface area contributed by atoms with E-state index >= 15 is 0 Å². The molecule has 0 amide bonds. The molecule has 0 saturated carbocycles. The number of hydrogen-bond acceptors (Lipinski definition) is 2. The summed E-state index contributed by atoms with van der Waals surface area (Å²) >= 11 is 0. The summed E-state index contributed by atoms with van der Waals surface area (Å²) in [6.45, 7) is 7.38. The van der Waals surface area contributed by atoms with Crippen LogP contribution in [0.15, 0.2) is 11.6 Å². The summed E-state index contributed by atoms with van der Waals surface area (Å²) in [6.07, 6.45) is 1.62. The van der Waals surface area contributed by atoms with Crippen molar-refractivity contribution in [2.75, 3.05) is 6.61 Å². The molecule has 0 rings (SSSR count). The summed E-state index contributed by atoms with van der Waals surface area (Å²) < 4.78 is 4.62. The molecule has 0 bridgehead atoms. The van der Waals surface area contributed by atoms with Crippen molar-refractivity contribution in [3.63, 3.8) is 0 Å². The maximum Gasteiger partial charge on any atom is 0.333 e. The summed E-state index contributed by atoms with van der Waals surface area (Å²) in [4.78, 5) is 10.6. The van der Waals surface area contributed by atoms with Crippen LogP contribution in [0.3, 0.4) is 0 Å². The van der Waals surface area contributed by atoms with Gasteiger partial charge in [0, 0.05) is 5.57 Å². The number of esters is 1. The average molecular weight is 127 g/mol. The third-order valence-electron chi connectivity index (χ3n) is 0.886. The first kappa shape index (κ1) is 8.21. The van der Waals surface area contributed by atoms with Gasteiger partial charge in [-0.15, -0.1) is 0 Å². The fraction of sp³-hybridized carbons (Fsp3) is 0.429. The minimum absolute atomic E-state index is 0.333. The van der Waals surface area contributed by atoms with Crippen molar-refractivity contribution in [2.24, 2.45) is 0 Å². The lowest BCUT2D eigenvalue weighted by Crippen LogP contribution is -2.04. The second kappa shape index (κ2) is 4.13. The van der Waals surface area contributed by atoms with Gasteiger partial charge in [0.2, 0.25) is 0 Å². The van der Waals surface area contributed by atoms with Crippen molar-refractivity contribution >= 4 is 5.97 Å². The van der Waals surface area contributed by atoms with Gasteiger partial charge in [0.05, 0.1) is 6.61 Å².